The molecule has 0 atom stereocenters. The molecule has 0 aliphatic carbocycles. The number of benzene rings is 2. The van der Waals surface area contributed by atoms with Gasteiger partial charge in [0.25, 0.3) is 5.69 Å². The summed E-state index contributed by atoms with van der Waals surface area (Å²) in [5.74, 6) is 1.35. The van der Waals surface area contributed by atoms with Crippen LogP contribution < -0.4 is 14.8 Å². The van der Waals surface area contributed by atoms with Crippen molar-refractivity contribution >= 4 is 27.3 Å². The zero-order valence-corrected chi connectivity index (χ0v) is 12.4. The molecular formula is C14H11BrN2O4. The van der Waals surface area contributed by atoms with Gasteiger partial charge in [0.15, 0.2) is 11.5 Å². The Hall–Kier alpha value is -2.28. The molecule has 0 aromatic heterocycles. The van der Waals surface area contributed by atoms with Crippen molar-refractivity contribution in [1.29, 1.82) is 0 Å². The van der Waals surface area contributed by atoms with Crippen molar-refractivity contribution in [2.24, 2.45) is 0 Å². The number of fused-ring (bicyclic) bond motifs is 1. The number of nitrogens with zero attached hydrogens (tertiary/aromatic N) is 1. The molecule has 108 valence electrons. The molecule has 1 aliphatic heterocycles. The zero-order chi connectivity index (χ0) is 14.8. The quantitative estimate of drug-likeness (QED) is 0.672. The van der Waals surface area contributed by atoms with E-state index in [0.29, 0.717) is 23.7 Å². The Morgan fingerprint density at radius 3 is 2.90 bits per heavy atom. The van der Waals surface area contributed by atoms with E-state index in [2.05, 4.69) is 21.2 Å². The van der Waals surface area contributed by atoms with Gasteiger partial charge < -0.3 is 14.8 Å². The molecule has 7 heteroatoms. The number of nitro groups is 1. The molecule has 6 nitrogen and oxygen atoms in total. The highest BCUT2D eigenvalue weighted by Crippen LogP contribution is 2.40. The van der Waals surface area contributed by atoms with Crippen LogP contribution in [0, 0.1) is 10.1 Å². The number of hydrogen-bond acceptors (Lipinski definition) is 5. The molecule has 2 aromatic carbocycles. The Labute approximate surface area is 129 Å². The van der Waals surface area contributed by atoms with E-state index in [0.717, 1.165) is 10.0 Å². The summed E-state index contributed by atoms with van der Waals surface area (Å²) in [5, 5.41) is 14.0. The maximum absolute atomic E-state index is 11.0. The van der Waals surface area contributed by atoms with Crippen LogP contribution in [-0.2, 0) is 6.54 Å². The van der Waals surface area contributed by atoms with Crippen LogP contribution in [0.5, 0.6) is 11.5 Å². The highest BCUT2D eigenvalue weighted by Gasteiger charge is 2.18. The van der Waals surface area contributed by atoms with Gasteiger partial charge in [-0.15, -0.1) is 0 Å². The number of nitro benzene ring substituents is 1. The van der Waals surface area contributed by atoms with E-state index in [1.165, 1.54) is 6.07 Å². The second kappa shape index (κ2) is 5.61. The standard InChI is InChI=1S/C14H11BrN2O4/c15-10-5-9(6-13-14(10)21-8-20-13)7-16-11-3-1-2-4-12(11)17(18)19/h1-6,16H,7-8H2. The minimum absolute atomic E-state index is 0.0531. The van der Waals surface area contributed by atoms with Crippen LogP contribution in [-0.4, -0.2) is 11.7 Å². The molecule has 3 rings (SSSR count). The van der Waals surface area contributed by atoms with Crippen molar-refractivity contribution in [3.8, 4) is 11.5 Å². The molecule has 0 radical (unpaired) electrons. The number of halogens is 1. The summed E-state index contributed by atoms with van der Waals surface area (Å²) in [6.07, 6.45) is 0. The van der Waals surface area contributed by atoms with Crippen LogP contribution in [0.1, 0.15) is 5.56 Å². The fraction of sp³-hybridized carbons (Fsp3) is 0.143. The van der Waals surface area contributed by atoms with E-state index in [4.69, 9.17) is 9.47 Å². The number of anilines is 1. The van der Waals surface area contributed by atoms with Crippen molar-refractivity contribution in [2.45, 2.75) is 6.54 Å². The fourth-order valence-electron chi connectivity index (χ4n) is 2.10. The van der Waals surface area contributed by atoms with E-state index < -0.39 is 4.92 Å². The van der Waals surface area contributed by atoms with Crippen LogP contribution in [0.15, 0.2) is 40.9 Å². The van der Waals surface area contributed by atoms with Gasteiger partial charge in [-0.3, -0.25) is 10.1 Å². The third kappa shape index (κ3) is 2.78. The van der Waals surface area contributed by atoms with Crippen molar-refractivity contribution in [3.05, 3.63) is 56.5 Å². The monoisotopic (exact) mass is 350 g/mol. The van der Waals surface area contributed by atoms with E-state index in [1.807, 2.05) is 12.1 Å². The van der Waals surface area contributed by atoms with E-state index in [-0.39, 0.29) is 12.5 Å². The van der Waals surface area contributed by atoms with Crippen LogP contribution >= 0.6 is 15.9 Å². The first-order valence-corrected chi connectivity index (χ1v) is 7.00. The highest BCUT2D eigenvalue weighted by atomic mass is 79.9. The Kier molecular flexibility index (Phi) is 3.66. The molecule has 0 bridgehead atoms. The summed E-state index contributed by atoms with van der Waals surface area (Å²) < 4.78 is 11.5. The third-order valence-corrected chi connectivity index (χ3v) is 3.66. The van der Waals surface area contributed by atoms with Crippen LogP contribution in [0.2, 0.25) is 0 Å². The maximum atomic E-state index is 11.0. The second-order valence-corrected chi connectivity index (χ2v) is 5.29. The first kappa shape index (κ1) is 13.7. The number of rotatable bonds is 4. The second-order valence-electron chi connectivity index (χ2n) is 4.44. The molecule has 2 aromatic rings. The van der Waals surface area contributed by atoms with Gasteiger partial charge in [-0.2, -0.15) is 0 Å². The minimum Gasteiger partial charge on any atom is -0.454 e. The Bertz CT molecular complexity index is 705. The molecule has 0 saturated heterocycles. The number of para-hydroxylation sites is 2. The van der Waals surface area contributed by atoms with Gasteiger partial charge in [-0.1, -0.05) is 12.1 Å². The predicted molar refractivity (Wildman–Crippen MR) is 80.7 cm³/mol. The van der Waals surface area contributed by atoms with Gasteiger partial charge in [0.05, 0.1) is 9.40 Å². The summed E-state index contributed by atoms with van der Waals surface area (Å²) in [4.78, 5) is 10.6. The normalized spacial score (nSPS) is 12.2. The summed E-state index contributed by atoms with van der Waals surface area (Å²) in [7, 11) is 0. The lowest BCUT2D eigenvalue weighted by Crippen LogP contribution is -2.02. The largest absolute Gasteiger partial charge is 0.454 e. The van der Waals surface area contributed by atoms with Gasteiger partial charge >= 0.3 is 0 Å². The summed E-state index contributed by atoms with van der Waals surface area (Å²) in [5.41, 5.74) is 1.47. The lowest BCUT2D eigenvalue weighted by Gasteiger charge is -2.08. The van der Waals surface area contributed by atoms with E-state index >= 15 is 0 Å². The molecular weight excluding hydrogens is 340 g/mol. The number of ether oxygens (including phenoxy) is 2. The van der Waals surface area contributed by atoms with Crippen molar-refractivity contribution in [1.82, 2.24) is 0 Å². The van der Waals surface area contributed by atoms with Gasteiger partial charge in [0.2, 0.25) is 6.79 Å². The molecule has 0 unspecified atom stereocenters. The van der Waals surface area contributed by atoms with E-state index in [9.17, 15) is 10.1 Å². The van der Waals surface area contributed by atoms with Crippen molar-refractivity contribution in [2.75, 3.05) is 12.1 Å². The maximum Gasteiger partial charge on any atom is 0.292 e. The molecule has 0 saturated carbocycles. The Morgan fingerprint density at radius 2 is 2.10 bits per heavy atom. The van der Waals surface area contributed by atoms with Gasteiger partial charge in [-0.25, -0.2) is 0 Å². The highest BCUT2D eigenvalue weighted by molar-refractivity contribution is 9.10. The summed E-state index contributed by atoms with van der Waals surface area (Å²) in [6.45, 7) is 0.648. The topological polar surface area (TPSA) is 73.6 Å². The first-order chi connectivity index (χ1) is 10.1. The third-order valence-electron chi connectivity index (χ3n) is 3.07. The average Bonchev–Trinajstić information content (AvgIpc) is 2.94. The number of hydrogen-bond donors (Lipinski definition) is 1. The minimum atomic E-state index is -0.405. The molecule has 0 spiro atoms. The summed E-state index contributed by atoms with van der Waals surface area (Å²) in [6, 6.07) is 10.3. The van der Waals surface area contributed by atoms with E-state index in [1.54, 1.807) is 18.2 Å². The lowest BCUT2D eigenvalue weighted by atomic mass is 10.2. The fourth-order valence-corrected chi connectivity index (χ4v) is 2.71. The van der Waals surface area contributed by atoms with Gasteiger partial charge in [-0.05, 0) is 39.7 Å². The molecule has 0 amide bonds. The molecule has 1 N–H and O–H groups in total. The summed E-state index contributed by atoms with van der Waals surface area (Å²) >= 11 is 3.42. The van der Waals surface area contributed by atoms with Crippen molar-refractivity contribution in [3.63, 3.8) is 0 Å². The van der Waals surface area contributed by atoms with Crippen LogP contribution in [0.4, 0.5) is 11.4 Å². The van der Waals surface area contributed by atoms with Gasteiger partial charge in [0, 0.05) is 12.6 Å². The molecule has 21 heavy (non-hydrogen) atoms. The predicted octanol–water partition coefficient (Wildman–Crippen LogP) is 3.70. The Morgan fingerprint density at radius 1 is 1.29 bits per heavy atom. The molecule has 1 aliphatic rings. The molecule has 1 heterocycles. The van der Waals surface area contributed by atoms with Gasteiger partial charge in [0.1, 0.15) is 5.69 Å². The number of nitrogens with one attached hydrogen (secondary N) is 1. The molecule has 0 fully saturated rings. The van der Waals surface area contributed by atoms with Crippen molar-refractivity contribution < 1.29 is 14.4 Å². The smallest absolute Gasteiger partial charge is 0.292 e. The first-order valence-electron chi connectivity index (χ1n) is 6.20. The van der Waals surface area contributed by atoms with Crippen LogP contribution in [0.25, 0.3) is 0 Å². The average molecular weight is 351 g/mol. The SMILES string of the molecule is O=[N+]([O-])c1ccccc1NCc1cc(Br)c2c(c1)OCO2. The van der Waals surface area contributed by atoms with Crippen LogP contribution in [0.3, 0.4) is 0 Å². The zero-order valence-electron chi connectivity index (χ0n) is 10.8. The Balaban J connectivity index is 1.80. The lowest BCUT2D eigenvalue weighted by molar-refractivity contribution is -0.384.